The number of aliphatic hydroxyl groups is 1. The number of methoxy groups -OCH3 is 1. The molecule has 0 bridgehead atoms. The van der Waals surface area contributed by atoms with Gasteiger partial charge in [0.05, 0.1) is 7.11 Å². The van der Waals surface area contributed by atoms with Gasteiger partial charge in [0.2, 0.25) is 0 Å². The SMILES string of the molecule is COc1ccc(CC[C@@]2(C)NC(=O)N(CCCO)C2=O)cc1. The van der Waals surface area contributed by atoms with E-state index in [1.165, 1.54) is 4.90 Å². The average Bonchev–Trinajstić information content (AvgIpc) is 2.74. The molecule has 0 aromatic heterocycles. The first-order valence-electron chi connectivity index (χ1n) is 7.38. The van der Waals surface area contributed by atoms with Gasteiger partial charge in [-0.05, 0) is 43.9 Å². The maximum absolute atomic E-state index is 12.4. The molecule has 2 rings (SSSR count). The Morgan fingerprint density at radius 3 is 2.55 bits per heavy atom. The van der Waals surface area contributed by atoms with Crippen molar-refractivity contribution < 1.29 is 19.4 Å². The van der Waals surface area contributed by atoms with E-state index in [1.807, 2.05) is 24.3 Å². The third-order valence-corrected chi connectivity index (χ3v) is 3.96. The van der Waals surface area contributed by atoms with E-state index in [2.05, 4.69) is 5.32 Å². The average molecular weight is 306 g/mol. The predicted molar refractivity (Wildman–Crippen MR) is 81.7 cm³/mol. The number of imide groups is 1. The van der Waals surface area contributed by atoms with E-state index in [9.17, 15) is 9.59 Å². The molecule has 22 heavy (non-hydrogen) atoms. The zero-order valence-electron chi connectivity index (χ0n) is 13.0. The van der Waals surface area contributed by atoms with Crippen molar-refractivity contribution in [1.82, 2.24) is 10.2 Å². The van der Waals surface area contributed by atoms with Gasteiger partial charge in [0.1, 0.15) is 11.3 Å². The number of aliphatic hydroxyl groups excluding tert-OH is 1. The Labute approximate surface area is 130 Å². The van der Waals surface area contributed by atoms with Crippen LogP contribution in [0.3, 0.4) is 0 Å². The third kappa shape index (κ3) is 3.39. The second kappa shape index (κ2) is 6.79. The molecule has 1 aromatic carbocycles. The molecule has 1 atom stereocenters. The van der Waals surface area contributed by atoms with Crippen LogP contribution in [0.1, 0.15) is 25.3 Å². The van der Waals surface area contributed by atoms with E-state index in [-0.39, 0.29) is 25.1 Å². The van der Waals surface area contributed by atoms with E-state index >= 15 is 0 Å². The highest BCUT2D eigenvalue weighted by Crippen LogP contribution is 2.24. The van der Waals surface area contributed by atoms with E-state index in [0.717, 1.165) is 11.3 Å². The molecule has 0 saturated carbocycles. The van der Waals surface area contributed by atoms with Gasteiger partial charge in [-0.25, -0.2) is 4.79 Å². The zero-order chi connectivity index (χ0) is 16.2. The third-order valence-electron chi connectivity index (χ3n) is 3.96. The summed E-state index contributed by atoms with van der Waals surface area (Å²) in [5, 5.41) is 11.6. The molecule has 6 heteroatoms. The molecule has 6 nitrogen and oxygen atoms in total. The van der Waals surface area contributed by atoms with E-state index in [0.29, 0.717) is 19.3 Å². The first kappa shape index (κ1) is 16.3. The molecule has 2 N–H and O–H groups in total. The number of carbonyl (C=O) groups is 2. The minimum Gasteiger partial charge on any atom is -0.497 e. The maximum Gasteiger partial charge on any atom is 0.325 e. The van der Waals surface area contributed by atoms with E-state index in [4.69, 9.17) is 9.84 Å². The molecule has 1 heterocycles. The summed E-state index contributed by atoms with van der Waals surface area (Å²) in [7, 11) is 1.61. The van der Waals surface area contributed by atoms with Crippen molar-refractivity contribution in [2.24, 2.45) is 0 Å². The molecule has 120 valence electrons. The van der Waals surface area contributed by atoms with Crippen LogP contribution in [0.4, 0.5) is 4.79 Å². The summed E-state index contributed by atoms with van der Waals surface area (Å²) in [5.74, 6) is 0.565. The number of carbonyl (C=O) groups excluding carboxylic acids is 2. The van der Waals surface area contributed by atoms with Gasteiger partial charge in [0.15, 0.2) is 0 Å². The van der Waals surface area contributed by atoms with Crippen molar-refractivity contribution in [2.75, 3.05) is 20.3 Å². The van der Waals surface area contributed by atoms with Gasteiger partial charge in [0.25, 0.3) is 5.91 Å². The molecular formula is C16H22N2O4. The first-order chi connectivity index (χ1) is 10.5. The monoisotopic (exact) mass is 306 g/mol. The molecule has 1 aliphatic heterocycles. The lowest BCUT2D eigenvalue weighted by atomic mass is 9.93. The summed E-state index contributed by atoms with van der Waals surface area (Å²) in [4.78, 5) is 25.5. The first-order valence-corrected chi connectivity index (χ1v) is 7.38. The van der Waals surface area contributed by atoms with Crippen LogP contribution < -0.4 is 10.1 Å². The Morgan fingerprint density at radius 1 is 1.27 bits per heavy atom. The Balaban J connectivity index is 1.98. The molecular weight excluding hydrogens is 284 g/mol. The number of urea groups is 1. The molecule has 3 amide bonds. The van der Waals surface area contributed by atoms with Crippen LogP contribution in [-0.4, -0.2) is 47.7 Å². The van der Waals surface area contributed by atoms with Crippen molar-refractivity contribution in [3.8, 4) is 5.75 Å². The van der Waals surface area contributed by atoms with Crippen LogP contribution in [0, 0.1) is 0 Å². The minimum absolute atomic E-state index is 0.0420. The molecule has 0 aliphatic carbocycles. The number of benzene rings is 1. The number of nitrogens with zero attached hydrogens (tertiary/aromatic N) is 1. The molecule has 1 aromatic rings. The molecule has 0 radical (unpaired) electrons. The minimum atomic E-state index is -0.882. The largest absolute Gasteiger partial charge is 0.497 e. The number of rotatable bonds is 7. The van der Waals surface area contributed by atoms with Gasteiger partial charge in [-0.15, -0.1) is 0 Å². The van der Waals surface area contributed by atoms with Crippen LogP contribution in [0.5, 0.6) is 5.75 Å². The quantitative estimate of drug-likeness (QED) is 0.745. The van der Waals surface area contributed by atoms with Crippen molar-refractivity contribution >= 4 is 11.9 Å². The van der Waals surface area contributed by atoms with Gasteiger partial charge < -0.3 is 15.2 Å². The number of ether oxygens (including phenoxy) is 1. The van der Waals surface area contributed by atoms with Gasteiger partial charge in [-0.3, -0.25) is 9.69 Å². The summed E-state index contributed by atoms with van der Waals surface area (Å²) < 4.78 is 5.11. The van der Waals surface area contributed by atoms with Gasteiger partial charge in [-0.2, -0.15) is 0 Å². The van der Waals surface area contributed by atoms with Crippen LogP contribution >= 0.6 is 0 Å². The standard InChI is InChI=1S/C16H22N2O4/c1-16(9-8-12-4-6-13(22-2)7-5-12)14(20)18(10-3-11-19)15(21)17-16/h4-7,19H,3,8-11H2,1-2H3,(H,17,21)/t16-/m1/s1. The molecule has 0 unspecified atom stereocenters. The second-order valence-electron chi connectivity index (χ2n) is 5.64. The normalized spacial score (nSPS) is 21.1. The Kier molecular flexibility index (Phi) is 5.03. The summed E-state index contributed by atoms with van der Waals surface area (Å²) in [6.07, 6.45) is 1.60. The summed E-state index contributed by atoms with van der Waals surface area (Å²) in [5.41, 5.74) is 0.199. The Hall–Kier alpha value is -2.08. The lowest BCUT2D eigenvalue weighted by Gasteiger charge is -2.21. The molecule has 1 aliphatic rings. The van der Waals surface area contributed by atoms with E-state index < -0.39 is 5.54 Å². The topological polar surface area (TPSA) is 78.9 Å². The zero-order valence-corrected chi connectivity index (χ0v) is 13.0. The smallest absolute Gasteiger partial charge is 0.325 e. The van der Waals surface area contributed by atoms with Crippen molar-refractivity contribution in [3.63, 3.8) is 0 Å². The number of amides is 3. The van der Waals surface area contributed by atoms with Gasteiger partial charge in [-0.1, -0.05) is 12.1 Å². The number of hydrogen-bond acceptors (Lipinski definition) is 4. The van der Waals surface area contributed by atoms with Gasteiger partial charge in [0, 0.05) is 13.2 Å². The Morgan fingerprint density at radius 2 is 1.95 bits per heavy atom. The molecule has 1 fully saturated rings. The Bertz CT molecular complexity index is 544. The molecule has 1 saturated heterocycles. The highest BCUT2D eigenvalue weighted by Gasteiger charge is 2.46. The van der Waals surface area contributed by atoms with Gasteiger partial charge >= 0.3 is 6.03 Å². The van der Waals surface area contributed by atoms with Crippen molar-refractivity contribution in [3.05, 3.63) is 29.8 Å². The van der Waals surface area contributed by atoms with Crippen LogP contribution in [0.15, 0.2) is 24.3 Å². The summed E-state index contributed by atoms with van der Waals surface area (Å²) in [6.45, 7) is 1.95. The highest BCUT2D eigenvalue weighted by atomic mass is 16.5. The fourth-order valence-corrected chi connectivity index (χ4v) is 2.53. The van der Waals surface area contributed by atoms with Crippen molar-refractivity contribution in [1.29, 1.82) is 0 Å². The van der Waals surface area contributed by atoms with E-state index in [1.54, 1.807) is 14.0 Å². The molecule has 0 spiro atoms. The maximum atomic E-state index is 12.4. The fourth-order valence-electron chi connectivity index (χ4n) is 2.53. The lowest BCUT2D eigenvalue weighted by Crippen LogP contribution is -2.44. The summed E-state index contributed by atoms with van der Waals surface area (Å²) in [6, 6.07) is 7.27. The predicted octanol–water partition coefficient (Wildman–Crippen LogP) is 1.32. The highest BCUT2D eigenvalue weighted by molar-refractivity contribution is 6.06. The number of aryl methyl sites for hydroxylation is 1. The number of hydrogen-bond donors (Lipinski definition) is 2. The van der Waals surface area contributed by atoms with Crippen LogP contribution in [0.25, 0.3) is 0 Å². The fraction of sp³-hybridized carbons (Fsp3) is 0.500. The second-order valence-corrected chi connectivity index (χ2v) is 5.64. The van der Waals surface area contributed by atoms with Crippen molar-refractivity contribution in [2.45, 2.75) is 31.7 Å². The lowest BCUT2D eigenvalue weighted by molar-refractivity contribution is -0.131. The van der Waals surface area contributed by atoms with Crippen LogP contribution in [-0.2, 0) is 11.2 Å². The van der Waals surface area contributed by atoms with Crippen LogP contribution in [0.2, 0.25) is 0 Å². The summed E-state index contributed by atoms with van der Waals surface area (Å²) >= 11 is 0. The number of nitrogens with one attached hydrogen (secondary N) is 1.